The highest BCUT2D eigenvalue weighted by atomic mass is 32.2. The number of piperidine rings is 1. The Labute approximate surface area is 187 Å². The predicted molar refractivity (Wildman–Crippen MR) is 111 cm³/mol. The van der Waals surface area contributed by atoms with Crippen molar-refractivity contribution in [2.24, 2.45) is 5.92 Å². The summed E-state index contributed by atoms with van der Waals surface area (Å²) in [5.41, 5.74) is 0. The van der Waals surface area contributed by atoms with Crippen LogP contribution in [0.4, 0.5) is 4.79 Å². The van der Waals surface area contributed by atoms with Gasteiger partial charge < -0.3 is 23.7 Å². The monoisotopic (exact) mass is 471 g/mol. The molecule has 0 aromatic carbocycles. The van der Waals surface area contributed by atoms with Gasteiger partial charge in [0, 0.05) is 45.2 Å². The van der Waals surface area contributed by atoms with Gasteiger partial charge in [0.1, 0.15) is 0 Å². The number of esters is 1. The second-order valence-corrected chi connectivity index (χ2v) is 9.52. The SMILES string of the molecule is CCOC(=O)c1ccc(S(=O)(=O)N2CCC(C(=O)N3CCCN(C(=O)OC)CC3)CC2)o1. The first-order chi connectivity index (χ1) is 15.3. The van der Waals surface area contributed by atoms with E-state index >= 15 is 0 Å². The molecule has 1 aromatic heterocycles. The topological polar surface area (TPSA) is 127 Å². The summed E-state index contributed by atoms with van der Waals surface area (Å²) in [6.07, 6.45) is 1.04. The van der Waals surface area contributed by atoms with Gasteiger partial charge in [-0.3, -0.25) is 4.79 Å². The number of nitrogens with zero attached hydrogens (tertiary/aromatic N) is 3. The molecule has 0 saturated carbocycles. The van der Waals surface area contributed by atoms with Crippen LogP contribution in [0.5, 0.6) is 0 Å². The van der Waals surface area contributed by atoms with Crippen LogP contribution >= 0.6 is 0 Å². The molecule has 0 spiro atoms. The summed E-state index contributed by atoms with van der Waals surface area (Å²) in [6, 6.07) is 2.52. The quantitative estimate of drug-likeness (QED) is 0.586. The standard InChI is InChI=1S/C20H29N3O8S/c1-3-30-19(25)16-5-6-17(31-16)32(27,28)23-11-7-15(8-12-23)18(24)21-9-4-10-22(14-13-21)20(26)29-2/h5-6,15H,3-4,7-14H2,1-2H3. The maximum Gasteiger partial charge on any atom is 0.409 e. The lowest BCUT2D eigenvalue weighted by molar-refractivity contribution is -0.136. The van der Waals surface area contributed by atoms with Crippen LogP contribution in [-0.4, -0.2) is 93.5 Å². The number of ether oxygens (including phenoxy) is 2. The average Bonchev–Trinajstić information content (AvgIpc) is 3.18. The van der Waals surface area contributed by atoms with Crippen molar-refractivity contribution >= 4 is 28.0 Å². The molecule has 0 radical (unpaired) electrons. The Balaban J connectivity index is 1.57. The van der Waals surface area contributed by atoms with Gasteiger partial charge in [0.15, 0.2) is 0 Å². The van der Waals surface area contributed by atoms with Gasteiger partial charge in [0.05, 0.1) is 13.7 Å². The van der Waals surface area contributed by atoms with E-state index in [1.807, 2.05) is 0 Å². The van der Waals surface area contributed by atoms with Gasteiger partial charge in [-0.25, -0.2) is 18.0 Å². The van der Waals surface area contributed by atoms with Crippen LogP contribution < -0.4 is 0 Å². The number of carbonyl (C=O) groups excluding carboxylic acids is 3. The summed E-state index contributed by atoms with van der Waals surface area (Å²) in [6.45, 7) is 4.07. The first kappa shape index (κ1) is 24.1. The normalized spacial score (nSPS) is 18.8. The molecule has 0 unspecified atom stereocenters. The van der Waals surface area contributed by atoms with E-state index in [-0.39, 0.29) is 42.4 Å². The fraction of sp³-hybridized carbons (Fsp3) is 0.650. The minimum absolute atomic E-state index is 0.0173. The second-order valence-electron chi connectivity index (χ2n) is 7.65. The van der Waals surface area contributed by atoms with Crippen LogP contribution in [-0.2, 0) is 24.3 Å². The van der Waals surface area contributed by atoms with Crippen LogP contribution in [0, 0.1) is 5.92 Å². The fourth-order valence-corrected chi connectivity index (χ4v) is 5.33. The summed E-state index contributed by atoms with van der Waals surface area (Å²) in [5, 5.41) is -0.319. The van der Waals surface area contributed by atoms with Crippen molar-refractivity contribution in [2.45, 2.75) is 31.3 Å². The van der Waals surface area contributed by atoms with Gasteiger partial charge in [0.2, 0.25) is 16.8 Å². The number of rotatable bonds is 5. The molecule has 0 aliphatic carbocycles. The van der Waals surface area contributed by atoms with Crippen molar-refractivity contribution in [3.8, 4) is 0 Å². The van der Waals surface area contributed by atoms with Gasteiger partial charge in [-0.2, -0.15) is 4.31 Å². The summed E-state index contributed by atoms with van der Waals surface area (Å²) < 4.78 is 41.8. The Kier molecular flexibility index (Phi) is 7.77. The minimum Gasteiger partial charge on any atom is -0.460 e. The number of amides is 2. The molecule has 2 aliphatic heterocycles. The number of furan rings is 1. The summed E-state index contributed by atoms with van der Waals surface area (Å²) in [7, 11) is -2.58. The van der Waals surface area contributed by atoms with E-state index in [4.69, 9.17) is 13.9 Å². The lowest BCUT2D eigenvalue weighted by Crippen LogP contribution is -2.45. The van der Waals surface area contributed by atoms with Crippen molar-refractivity contribution in [2.75, 3.05) is 53.0 Å². The van der Waals surface area contributed by atoms with Gasteiger partial charge in [-0.05, 0) is 38.3 Å². The number of sulfonamides is 1. The highest BCUT2D eigenvalue weighted by Crippen LogP contribution is 2.26. The van der Waals surface area contributed by atoms with Crippen molar-refractivity contribution in [3.63, 3.8) is 0 Å². The van der Waals surface area contributed by atoms with Crippen LogP contribution in [0.3, 0.4) is 0 Å². The molecule has 3 rings (SSSR count). The largest absolute Gasteiger partial charge is 0.460 e. The van der Waals surface area contributed by atoms with E-state index in [9.17, 15) is 22.8 Å². The van der Waals surface area contributed by atoms with Crippen LogP contribution in [0.2, 0.25) is 0 Å². The van der Waals surface area contributed by atoms with Gasteiger partial charge in [0.25, 0.3) is 10.0 Å². The Morgan fingerprint density at radius 1 is 1.03 bits per heavy atom. The minimum atomic E-state index is -3.91. The number of methoxy groups -OCH3 is 1. The van der Waals surface area contributed by atoms with Crippen molar-refractivity contribution in [1.82, 2.24) is 14.1 Å². The highest BCUT2D eigenvalue weighted by Gasteiger charge is 2.36. The molecule has 3 heterocycles. The Bertz CT molecular complexity index is 936. The van der Waals surface area contributed by atoms with E-state index in [1.54, 1.807) is 16.7 Å². The summed E-state index contributed by atoms with van der Waals surface area (Å²) >= 11 is 0. The molecular formula is C20H29N3O8S. The third kappa shape index (κ3) is 5.23. The summed E-state index contributed by atoms with van der Waals surface area (Å²) in [4.78, 5) is 39.8. The van der Waals surface area contributed by atoms with E-state index in [1.165, 1.54) is 23.5 Å². The van der Waals surface area contributed by atoms with Crippen molar-refractivity contribution in [1.29, 1.82) is 0 Å². The van der Waals surface area contributed by atoms with Crippen LogP contribution in [0.1, 0.15) is 36.7 Å². The zero-order chi connectivity index (χ0) is 23.3. The van der Waals surface area contributed by atoms with E-state index < -0.39 is 22.1 Å². The van der Waals surface area contributed by atoms with Gasteiger partial charge in [-0.1, -0.05) is 0 Å². The molecule has 0 atom stereocenters. The molecular weight excluding hydrogens is 442 g/mol. The van der Waals surface area contributed by atoms with E-state index in [2.05, 4.69) is 0 Å². The molecule has 12 heteroatoms. The van der Waals surface area contributed by atoms with Gasteiger partial charge >= 0.3 is 12.1 Å². The van der Waals surface area contributed by atoms with Crippen molar-refractivity contribution < 1.29 is 36.7 Å². The third-order valence-corrected chi connectivity index (χ3v) is 7.47. The molecule has 2 fully saturated rings. The summed E-state index contributed by atoms with van der Waals surface area (Å²) in [5.74, 6) is -1.19. The maximum absolute atomic E-state index is 13.0. The number of carbonyl (C=O) groups is 3. The molecule has 0 N–H and O–H groups in total. The molecule has 11 nitrogen and oxygen atoms in total. The van der Waals surface area contributed by atoms with Gasteiger partial charge in [-0.15, -0.1) is 0 Å². The molecule has 32 heavy (non-hydrogen) atoms. The third-order valence-electron chi connectivity index (χ3n) is 5.70. The molecule has 178 valence electrons. The van der Waals surface area contributed by atoms with Crippen LogP contribution in [0.25, 0.3) is 0 Å². The highest BCUT2D eigenvalue weighted by molar-refractivity contribution is 7.89. The van der Waals surface area contributed by atoms with E-state index in [0.717, 1.165) is 0 Å². The predicted octanol–water partition coefficient (Wildman–Crippen LogP) is 1.16. The Morgan fingerprint density at radius 2 is 1.69 bits per heavy atom. The Hall–Kier alpha value is -2.60. The molecule has 1 aromatic rings. The molecule has 2 aliphatic rings. The van der Waals surface area contributed by atoms with Crippen LogP contribution in [0.15, 0.2) is 21.6 Å². The zero-order valence-electron chi connectivity index (χ0n) is 18.3. The zero-order valence-corrected chi connectivity index (χ0v) is 19.1. The molecule has 0 bridgehead atoms. The molecule has 2 amide bonds. The Morgan fingerprint density at radius 3 is 2.34 bits per heavy atom. The van der Waals surface area contributed by atoms with Crippen molar-refractivity contribution in [3.05, 3.63) is 17.9 Å². The first-order valence-corrected chi connectivity index (χ1v) is 12.1. The fourth-order valence-electron chi connectivity index (χ4n) is 3.95. The van der Waals surface area contributed by atoms with E-state index in [0.29, 0.717) is 45.4 Å². The maximum atomic E-state index is 13.0. The lowest BCUT2D eigenvalue weighted by atomic mass is 9.96. The molecule has 2 saturated heterocycles. The second kappa shape index (κ2) is 10.3. The number of hydrogen-bond acceptors (Lipinski definition) is 8. The lowest BCUT2D eigenvalue weighted by Gasteiger charge is -2.32. The average molecular weight is 472 g/mol. The smallest absolute Gasteiger partial charge is 0.409 e. The first-order valence-electron chi connectivity index (χ1n) is 10.7. The number of hydrogen-bond donors (Lipinski definition) is 0.